The van der Waals surface area contributed by atoms with E-state index in [-0.39, 0.29) is 11.5 Å². The number of nitrogens with one attached hydrogen (secondary N) is 2. The summed E-state index contributed by atoms with van der Waals surface area (Å²) in [5.74, 6) is 1.21. The highest BCUT2D eigenvalue weighted by molar-refractivity contribution is 6.01. The van der Waals surface area contributed by atoms with Crippen LogP contribution in [0.15, 0.2) is 59.4 Å². The van der Waals surface area contributed by atoms with Gasteiger partial charge in [0.25, 0.3) is 5.56 Å². The standard InChI is InChI=1S/C23H23N3O3/c1-3-17-14-20(27)26-21(24-17)15-6-4-8-18(12-15)25-22(28)23(10-11-23)16-7-5-9-19(13-16)29-2/h4-9,12-14H,3,10-11H2,1-2H3,(H,25,28)(H,24,26,27). The Kier molecular flexibility index (Phi) is 4.92. The second-order valence-corrected chi connectivity index (χ2v) is 7.29. The predicted molar refractivity (Wildman–Crippen MR) is 112 cm³/mol. The third-order valence-electron chi connectivity index (χ3n) is 5.36. The minimum atomic E-state index is -0.515. The van der Waals surface area contributed by atoms with Crippen molar-refractivity contribution in [3.63, 3.8) is 0 Å². The second kappa shape index (κ2) is 7.54. The smallest absolute Gasteiger partial charge is 0.251 e. The van der Waals surface area contributed by atoms with Crippen LogP contribution in [0.4, 0.5) is 5.69 Å². The van der Waals surface area contributed by atoms with Crippen molar-refractivity contribution < 1.29 is 9.53 Å². The van der Waals surface area contributed by atoms with Crippen LogP contribution in [0.5, 0.6) is 5.75 Å². The molecule has 1 aliphatic carbocycles. The topological polar surface area (TPSA) is 84.1 Å². The van der Waals surface area contributed by atoms with E-state index in [0.717, 1.165) is 35.4 Å². The van der Waals surface area contributed by atoms with Crippen LogP contribution >= 0.6 is 0 Å². The number of amides is 1. The molecule has 2 N–H and O–H groups in total. The van der Waals surface area contributed by atoms with Gasteiger partial charge >= 0.3 is 0 Å². The highest BCUT2D eigenvalue weighted by atomic mass is 16.5. The zero-order chi connectivity index (χ0) is 20.4. The van der Waals surface area contributed by atoms with Gasteiger partial charge in [-0.1, -0.05) is 31.2 Å². The minimum absolute atomic E-state index is 0.0355. The summed E-state index contributed by atoms with van der Waals surface area (Å²) < 4.78 is 5.30. The third-order valence-corrected chi connectivity index (χ3v) is 5.36. The molecular formula is C23H23N3O3. The first kappa shape index (κ1) is 18.9. The molecule has 0 radical (unpaired) electrons. The largest absolute Gasteiger partial charge is 0.497 e. The minimum Gasteiger partial charge on any atom is -0.497 e. The highest BCUT2D eigenvalue weighted by Gasteiger charge is 2.51. The molecule has 1 heterocycles. The first-order valence-corrected chi connectivity index (χ1v) is 9.71. The van der Waals surface area contributed by atoms with E-state index < -0.39 is 5.41 Å². The number of aromatic amines is 1. The lowest BCUT2D eigenvalue weighted by Crippen LogP contribution is -2.27. The molecule has 0 aliphatic heterocycles. The summed E-state index contributed by atoms with van der Waals surface area (Å²) in [5.41, 5.74) is 2.42. The zero-order valence-electron chi connectivity index (χ0n) is 16.5. The third kappa shape index (κ3) is 3.78. The maximum Gasteiger partial charge on any atom is 0.251 e. The molecule has 6 heteroatoms. The molecule has 1 aliphatic rings. The molecule has 3 aromatic rings. The molecule has 0 spiro atoms. The Hall–Kier alpha value is -3.41. The Morgan fingerprint density at radius 3 is 2.69 bits per heavy atom. The number of H-pyrrole nitrogens is 1. The number of methoxy groups -OCH3 is 1. The molecule has 2 aromatic carbocycles. The fourth-order valence-corrected chi connectivity index (χ4v) is 3.51. The SMILES string of the molecule is CCc1cc(=O)[nH]c(-c2cccc(NC(=O)C3(c4cccc(OC)c4)CC3)c2)n1. The molecule has 1 aromatic heterocycles. The monoisotopic (exact) mass is 389 g/mol. The number of ether oxygens (including phenoxy) is 1. The van der Waals surface area contributed by atoms with Crippen LogP contribution in [0.3, 0.4) is 0 Å². The van der Waals surface area contributed by atoms with Crippen molar-refractivity contribution >= 4 is 11.6 Å². The fourth-order valence-electron chi connectivity index (χ4n) is 3.51. The second-order valence-electron chi connectivity index (χ2n) is 7.29. The van der Waals surface area contributed by atoms with Gasteiger partial charge in [0.15, 0.2) is 0 Å². The van der Waals surface area contributed by atoms with Gasteiger partial charge in [0.05, 0.1) is 12.5 Å². The fraction of sp³-hybridized carbons (Fsp3) is 0.261. The number of carbonyl (C=O) groups is 1. The molecule has 0 bridgehead atoms. The van der Waals surface area contributed by atoms with E-state index in [9.17, 15) is 9.59 Å². The Morgan fingerprint density at radius 2 is 1.97 bits per heavy atom. The summed E-state index contributed by atoms with van der Waals surface area (Å²) in [6, 6.07) is 16.5. The first-order valence-electron chi connectivity index (χ1n) is 9.71. The van der Waals surface area contributed by atoms with Gasteiger partial charge in [-0.15, -0.1) is 0 Å². The van der Waals surface area contributed by atoms with E-state index in [2.05, 4.69) is 15.3 Å². The number of aromatic nitrogens is 2. The summed E-state index contributed by atoms with van der Waals surface area (Å²) in [4.78, 5) is 32.2. The van der Waals surface area contributed by atoms with Gasteiger partial charge in [0.1, 0.15) is 11.6 Å². The lowest BCUT2D eigenvalue weighted by molar-refractivity contribution is -0.118. The molecule has 0 atom stereocenters. The molecule has 4 rings (SSSR count). The zero-order valence-corrected chi connectivity index (χ0v) is 16.5. The molecule has 1 amide bonds. The highest BCUT2D eigenvalue weighted by Crippen LogP contribution is 2.49. The van der Waals surface area contributed by atoms with Gasteiger partial charge in [-0.05, 0) is 49.1 Å². The van der Waals surface area contributed by atoms with Crippen LogP contribution in [0.1, 0.15) is 31.0 Å². The molecule has 0 unspecified atom stereocenters. The van der Waals surface area contributed by atoms with E-state index in [1.807, 2.05) is 55.5 Å². The van der Waals surface area contributed by atoms with Crippen molar-refractivity contribution in [1.82, 2.24) is 9.97 Å². The first-order chi connectivity index (χ1) is 14.0. The van der Waals surface area contributed by atoms with E-state index >= 15 is 0 Å². The molecular weight excluding hydrogens is 366 g/mol. The van der Waals surface area contributed by atoms with Gasteiger partial charge in [-0.25, -0.2) is 4.98 Å². The van der Waals surface area contributed by atoms with Crippen molar-refractivity contribution in [3.05, 3.63) is 76.2 Å². The Bertz CT molecular complexity index is 1120. The van der Waals surface area contributed by atoms with Crippen LogP contribution < -0.4 is 15.6 Å². The van der Waals surface area contributed by atoms with Gasteiger partial charge in [-0.3, -0.25) is 9.59 Å². The molecule has 148 valence electrons. The van der Waals surface area contributed by atoms with Crippen LogP contribution in [0.2, 0.25) is 0 Å². The normalized spacial score (nSPS) is 14.3. The quantitative estimate of drug-likeness (QED) is 0.674. The lowest BCUT2D eigenvalue weighted by atomic mass is 9.94. The summed E-state index contributed by atoms with van der Waals surface area (Å²) >= 11 is 0. The van der Waals surface area contributed by atoms with Crippen LogP contribution in [-0.4, -0.2) is 23.0 Å². The van der Waals surface area contributed by atoms with Crippen LogP contribution in [0, 0.1) is 0 Å². The maximum absolute atomic E-state index is 13.1. The van der Waals surface area contributed by atoms with Crippen molar-refractivity contribution in [2.24, 2.45) is 0 Å². The van der Waals surface area contributed by atoms with Gasteiger partial charge in [0.2, 0.25) is 5.91 Å². The number of hydrogen-bond donors (Lipinski definition) is 2. The Labute approximate surface area is 169 Å². The maximum atomic E-state index is 13.1. The average molecular weight is 389 g/mol. The number of carbonyl (C=O) groups excluding carboxylic acids is 1. The van der Waals surface area contributed by atoms with E-state index in [1.165, 1.54) is 6.07 Å². The van der Waals surface area contributed by atoms with E-state index in [4.69, 9.17) is 4.74 Å². The molecule has 1 fully saturated rings. The van der Waals surface area contributed by atoms with Gasteiger partial charge in [0, 0.05) is 23.0 Å². The van der Waals surface area contributed by atoms with E-state index in [0.29, 0.717) is 17.9 Å². The van der Waals surface area contributed by atoms with Crippen molar-refractivity contribution in [2.75, 3.05) is 12.4 Å². The number of nitrogens with zero attached hydrogens (tertiary/aromatic N) is 1. The Balaban J connectivity index is 1.59. The predicted octanol–water partition coefficient (Wildman–Crippen LogP) is 3.68. The molecule has 1 saturated carbocycles. The van der Waals surface area contributed by atoms with Crippen LogP contribution in [0.25, 0.3) is 11.4 Å². The van der Waals surface area contributed by atoms with Crippen molar-refractivity contribution in [2.45, 2.75) is 31.6 Å². The molecule has 6 nitrogen and oxygen atoms in total. The lowest BCUT2D eigenvalue weighted by Gasteiger charge is -2.17. The summed E-state index contributed by atoms with van der Waals surface area (Å²) in [7, 11) is 1.62. The Morgan fingerprint density at radius 1 is 1.17 bits per heavy atom. The number of aryl methyl sites for hydroxylation is 1. The summed E-state index contributed by atoms with van der Waals surface area (Å²) in [6.07, 6.45) is 2.29. The number of benzene rings is 2. The molecule has 29 heavy (non-hydrogen) atoms. The van der Waals surface area contributed by atoms with Crippen LogP contribution in [-0.2, 0) is 16.6 Å². The van der Waals surface area contributed by atoms with Crippen molar-refractivity contribution in [3.8, 4) is 17.1 Å². The van der Waals surface area contributed by atoms with Crippen molar-refractivity contribution in [1.29, 1.82) is 0 Å². The summed E-state index contributed by atoms with van der Waals surface area (Å²) in [5, 5.41) is 3.03. The molecule has 0 saturated heterocycles. The number of rotatable bonds is 6. The van der Waals surface area contributed by atoms with Gasteiger partial charge < -0.3 is 15.0 Å². The average Bonchev–Trinajstić information content (AvgIpc) is 3.56. The van der Waals surface area contributed by atoms with E-state index in [1.54, 1.807) is 7.11 Å². The van der Waals surface area contributed by atoms with Gasteiger partial charge in [-0.2, -0.15) is 0 Å². The summed E-state index contributed by atoms with van der Waals surface area (Å²) in [6.45, 7) is 1.95. The number of anilines is 1. The number of hydrogen-bond acceptors (Lipinski definition) is 4.